The number of hydrogen-bond donors (Lipinski definition) is 4. The average Bonchev–Trinajstić information content (AvgIpc) is 3.23. The molecule has 0 heterocycles. The molecule has 0 radical (unpaired) electrons. The Morgan fingerprint density at radius 2 is 1.15 bits per heavy atom. The predicted molar refractivity (Wildman–Crippen MR) is 246 cm³/mol. The van der Waals surface area contributed by atoms with Gasteiger partial charge in [-0.2, -0.15) is 0 Å². The summed E-state index contributed by atoms with van der Waals surface area (Å²) in [4.78, 5) is 46.0. The second kappa shape index (κ2) is 41.7. The van der Waals surface area contributed by atoms with Gasteiger partial charge in [-0.3, -0.25) is 23.4 Å². The van der Waals surface area contributed by atoms with E-state index in [1.807, 2.05) is 48.6 Å². The highest BCUT2D eigenvalue weighted by Gasteiger charge is 2.28. The molecule has 0 aliphatic heterocycles. The topological polar surface area (TPSA) is 192 Å². The van der Waals surface area contributed by atoms with Crippen LogP contribution in [-0.2, 0) is 37.5 Å². The van der Waals surface area contributed by atoms with E-state index in [1.54, 1.807) is 6.08 Å². The second-order valence-corrected chi connectivity index (χ2v) is 16.1. The zero-order chi connectivity index (χ0) is 45.1. The third-order valence-corrected chi connectivity index (χ3v) is 9.86. The summed E-state index contributed by atoms with van der Waals surface area (Å²) < 4.78 is 32.6. The van der Waals surface area contributed by atoms with Gasteiger partial charge in [0.1, 0.15) is 12.6 Å². The molecule has 0 aromatic rings. The minimum absolute atomic E-state index is 0.0737. The lowest BCUT2D eigenvalue weighted by Gasteiger charge is -2.20. The fraction of sp³-hybridized carbons (Fsp3) is 0.604. The Kier molecular flexibility index (Phi) is 39.2. The number of nitrogens with two attached hydrogens (primary N) is 1. The Morgan fingerprint density at radius 1 is 0.607 bits per heavy atom. The number of carbonyl (C=O) groups excluding carboxylic acids is 2. The smallest absolute Gasteiger partial charge is 0.472 e. The van der Waals surface area contributed by atoms with Crippen LogP contribution in [0.4, 0.5) is 0 Å². The molecule has 0 aliphatic carbocycles. The highest BCUT2D eigenvalue weighted by atomic mass is 31.2. The maximum absolute atomic E-state index is 12.6. The molecule has 346 valence electrons. The first-order valence-corrected chi connectivity index (χ1v) is 23.9. The van der Waals surface area contributed by atoms with Crippen molar-refractivity contribution < 1.29 is 52.6 Å². The number of rotatable bonds is 40. The standard InChI is InChI=1S/C48H78NO11P/c1-3-5-7-8-9-10-11-12-13-14-15-18-22-25-28-31-35-39-47(52)60-44(41-58-61(55,56)59-42-45(49)48(53)54)40-57-46(51)38-34-30-27-24-21-19-16-17-20-23-26-29-33-37-43(50)36-32-6-4-2/h6,9-10,12-13,17,19-21,26-27,29-30,32-33,37,43-45,50H,3-5,7-8,11,14-16,18,22-25,28,31,34-36,38-42,49H2,1-2H3,(H,53,54)(H,55,56)/b10-9-,13-12-,20-17-,21-19-,29-26+,30-27-,32-6-,37-33+/t43?,44-,45+/m1/s1. The molecule has 12 nitrogen and oxygen atoms in total. The monoisotopic (exact) mass is 876 g/mol. The van der Waals surface area contributed by atoms with E-state index in [1.165, 1.54) is 25.7 Å². The summed E-state index contributed by atoms with van der Waals surface area (Å²) in [6.45, 7) is 2.46. The number of phosphoric acid groups is 1. The summed E-state index contributed by atoms with van der Waals surface area (Å²) in [7, 11) is -4.75. The van der Waals surface area contributed by atoms with Gasteiger partial charge in [0, 0.05) is 12.8 Å². The van der Waals surface area contributed by atoms with Crippen LogP contribution in [0.5, 0.6) is 0 Å². The number of hydrogen-bond acceptors (Lipinski definition) is 10. The summed E-state index contributed by atoms with van der Waals surface area (Å²) in [6, 6.07) is -1.54. The van der Waals surface area contributed by atoms with Crippen LogP contribution in [0.3, 0.4) is 0 Å². The van der Waals surface area contributed by atoms with Gasteiger partial charge in [0.25, 0.3) is 0 Å². The molecular formula is C48H78NO11P. The molecule has 61 heavy (non-hydrogen) atoms. The Labute approximate surface area is 367 Å². The number of aliphatic hydroxyl groups is 1. The van der Waals surface area contributed by atoms with Crippen molar-refractivity contribution in [3.63, 3.8) is 0 Å². The molecule has 5 N–H and O–H groups in total. The van der Waals surface area contributed by atoms with E-state index >= 15 is 0 Å². The van der Waals surface area contributed by atoms with Crippen molar-refractivity contribution in [2.24, 2.45) is 5.73 Å². The van der Waals surface area contributed by atoms with Crippen LogP contribution >= 0.6 is 7.82 Å². The van der Waals surface area contributed by atoms with Crippen LogP contribution in [0.1, 0.15) is 149 Å². The van der Waals surface area contributed by atoms with Crippen LogP contribution < -0.4 is 5.73 Å². The van der Waals surface area contributed by atoms with Gasteiger partial charge in [0.2, 0.25) is 0 Å². The van der Waals surface area contributed by atoms with E-state index < -0.39 is 63.8 Å². The van der Waals surface area contributed by atoms with E-state index in [9.17, 15) is 28.9 Å². The third-order valence-electron chi connectivity index (χ3n) is 8.91. The Hall–Kier alpha value is -3.64. The number of allylic oxidation sites excluding steroid dienone is 14. The first kappa shape index (κ1) is 57.4. The maximum atomic E-state index is 12.6. The zero-order valence-corrected chi connectivity index (χ0v) is 38.0. The normalized spacial score (nSPS) is 15.1. The van der Waals surface area contributed by atoms with E-state index in [4.69, 9.17) is 24.8 Å². The molecule has 13 heteroatoms. The fourth-order valence-corrected chi connectivity index (χ4v) is 6.16. The maximum Gasteiger partial charge on any atom is 0.472 e. The lowest BCUT2D eigenvalue weighted by atomic mass is 10.1. The summed E-state index contributed by atoms with van der Waals surface area (Å²) in [5.41, 5.74) is 5.33. The molecule has 0 aromatic carbocycles. The molecule has 0 rings (SSSR count). The SMILES string of the molecule is CC/C=C\CC(O)/C=C/C=C/C/C=C\C/C=C\C/C=C\CCC(=O)OC[C@H](COP(=O)(O)OC[C@H](N)C(=O)O)OC(=O)CCCCCCCCC/C=C\C/C=C\CCCCC. The van der Waals surface area contributed by atoms with Gasteiger partial charge >= 0.3 is 25.7 Å². The number of aliphatic hydroxyl groups excluding tert-OH is 1. The van der Waals surface area contributed by atoms with Gasteiger partial charge in [0.15, 0.2) is 6.10 Å². The molecule has 0 spiro atoms. The molecule has 0 fully saturated rings. The van der Waals surface area contributed by atoms with Crippen molar-refractivity contribution in [3.8, 4) is 0 Å². The average molecular weight is 876 g/mol. The highest BCUT2D eigenvalue weighted by molar-refractivity contribution is 7.47. The first-order chi connectivity index (χ1) is 29.5. The second-order valence-electron chi connectivity index (χ2n) is 14.6. The number of phosphoric ester groups is 1. The molecular weight excluding hydrogens is 797 g/mol. The van der Waals surface area contributed by atoms with Gasteiger partial charge < -0.3 is 30.3 Å². The van der Waals surface area contributed by atoms with Gasteiger partial charge in [-0.1, -0.05) is 156 Å². The van der Waals surface area contributed by atoms with E-state index in [-0.39, 0.29) is 12.8 Å². The molecule has 0 aromatic heterocycles. The molecule has 0 bridgehead atoms. The summed E-state index contributed by atoms with van der Waals surface area (Å²) in [5, 5.41) is 18.7. The van der Waals surface area contributed by atoms with Gasteiger partial charge in [0.05, 0.1) is 19.3 Å². The fourth-order valence-electron chi connectivity index (χ4n) is 5.38. The molecule has 4 atom stereocenters. The summed E-state index contributed by atoms with van der Waals surface area (Å²) >= 11 is 0. The number of ether oxygens (including phenoxy) is 2. The number of esters is 2. The number of carboxylic acids is 1. The van der Waals surface area contributed by atoms with Gasteiger partial charge in [-0.05, 0) is 77.0 Å². The van der Waals surface area contributed by atoms with Gasteiger partial charge in [-0.25, -0.2) is 4.57 Å². The lowest BCUT2D eigenvalue weighted by Crippen LogP contribution is -2.34. The number of carbonyl (C=O) groups is 3. The molecule has 0 saturated heterocycles. The lowest BCUT2D eigenvalue weighted by molar-refractivity contribution is -0.161. The van der Waals surface area contributed by atoms with Gasteiger partial charge in [-0.15, -0.1) is 0 Å². The number of unbranched alkanes of at least 4 members (excludes halogenated alkanes) is 10. The zero-order valence-electron chi connectivity index (χ0n) is 37.1. The van der Waals surface area contributed by atoms with Crippen LogP contribution in [0.25, 0.3) is 0 Å². The predicted octanol–water partition coefficient (Wildman–Crippen LogP) is 11.0. The van der Waals surface area contributed by atoms with Crippen LogP contribution in [-0.4, -0.2) is 71.1 Å². The van der Waals surface area contributed by atoms with Crippen LogP contribution in [0, 0.1) is 0 Å². The van der Waals surface area contributed by atoms with Crippen molar-refractivity contribution in [2.45, 2.75) is 167 Å². The number of carboxylic acid groups (broad SMARTS) is 1. The Balaban J connectivity index is 4.53. The largest absolute Gasteiger partial charge is 0.480 e. The summed E-state index contributed by atoms with van der Waals surface area (Å²) in [5.74, 6) is -2.53. The molecule has 0 amide bonds. The van der Waals surface area contributed by atoms with Crippen molar-refractivity contribution in [2.75, 3.05) is 19.8 Å². The molecule has 2 unspecified atom stereocenters. The first-order valence-electron chi connectivity index (χ1n) is 22.4. The highest BCUT2D eigenvalue weighted by Crippen LogP contribution is 2.43. The van der Waals surface area contributed by atoms with Crippen molar-refractivity contribution >= 4 is 25.7 Å². The van der Waals surface area contributed by atoms with E-state index in [0.29, 0.717) is 25.7 Å². The third kappa shape index (κ3) is 41.5. The Morgan fingerprint density at radius 3 is 1.75 bits per heavy atom. The van der Waals surface area contributed by atoms with E-state index in [2.05, 4.69) is 60.9 Å². The van der Waals surface area contributed by atoms with Crippen molar-refractivity contribution in [1.29, 1.82) is 0 Å². The van der Waals surface area contributed by atoms with E-state index in [0.717, 1.165) is 70.6 Å². The van der Waals surface area contributed by atoms with Crippen molar-refractivity contribution in [1.82, 2.24) is 0 Å². The quantitative estimate of drug-likeness (QED) is 0.0150. The molecule has 0 saturated carbocycles. The summed E-state index contributed by atoms with van der Waals surface area (Å²) in [6.07, 6.45) is 49.5. The number of aliphatic carboxylic acids is 1. The minimum atomic E-state index is -4.75. The Bertz CT molecular complexity index is 1420. The van der Waals surface area contributed by atoms with Crippen LogP contribution in [0.15, 0.2) is 97.2 Å². The molecule has 0 aliphatic rings. The minimum Gasteiger partial charge on any atom is -0.480 e. The van der Waals surface area contributed by atoms with Crippen molar-refractivity contribution in [3.05, 3.63) is 97.2 Å². The van der Waals surface area contributed by atoms with Crippen LogP contribution in [0.2, 0.25) is 0 Å².